The molecule has 0 amide bonds. The number of nitrogens with zero attached hydrogens (tertiary/aromatic N) is 3. The van der Waals surface area contributed by atoms with Gasteiger partial charge in [-0.3, -0.25) is 0 Å². The molecule has 55 heavy (non-hydrogen) atoms. The minimum atomic E-state index is 0.649. The van der Waals surface area contributed by atoms with E-state index in [2.05, 4.69) is 176 Å². The first-order valence-electron chi connectivity index (χ1n) is 18.6. The molecule has 4 heteroatoms. The lowest BCUT2D eigenvalue weighted by atomic mass is 9.95. The number of rotatable bonds is 4. The van der Waals surface area contributed by atoms with Crippen LogP contribution in [-0.4, -0.2) is 15.0 Å². The van der Waals surface area contributed by atoms with Gasteiger partial charge < -0.3 is 0 Å². The van der Waals surface area contributed by atoms with Crippen LogP contribution in [0, 0.1) is 0 Å². The molecule has 0 fully saturated rings. The predicted molar refractivity (Wildman–Crippen MR) is 231 cm³/mol. The number of fused-ring (bicyclic) bond motifs is 9. The van der Waals surface area contributed by atoms with Gasteiger partial charge in [0.15, 0.2) is 17.5 Å². The maximum atomic E-state index is 5.36. The van der Waals surface area contributed by atoms with Crippen LogP contribution in [0.4, 0.5) is 0 Å². The van der Waals surface area contributed by atoms with E-state index in [4.69, 9.17) is 15.0 Å². The van der Waals surface area contributed by atoms with E-state index >= 15 is 0 Å². The van der Waals surface area contributed by atoms with Crippen molar-refractivity contribution in [2.75, 3.05) is 0 Å². The summed E-state index contributed by atoms with van der Waals surface area (Å²) in [5.41, 5.74) is 10.4. The van der Waals surface area contributed by atoms with E-state index < -0.39 is 0 Å². The molecule has 0 N–H and O–H groups in total. The third-order valence-corrected chi connectivity index (χ3v) is 12.4. The predicted octanol–water partition coefficient (Wildman–Crippen LogP) is 14.0. The van der Waals surface area contributed by atoms with Crippen LogP contribution in [0.25, 0.3) is 120 Å². The highest BCUT2D eigenvalue weighted by Crippen LogP contribution is 2.55. The normalized spacial score (nSPS) is 12.0. The number of benzene rings is 9. The Bertz CT molecular complexity index is 3370. The van der Waals surface area contributed by atoms with Crippen molar-refractivity contribution in [2.24, 2.45) is 0 Å². The molecule has 9 aromatic carbocycles. The van der Waals surface area contributed by atoms with Crippen molar-refractivity contribution in [1.82, 2.24) is 15.0 Å². The summed E-state index contributed by atoms with van der Waals surface area (Å²) in [5.74, 6) is 1.98. The van der Waals surface area contributed by atoms with Gasteiger partial charge in [0.2, 0.25) is 0 Å². The molecule has 0 bridgehead atoms. The number of hydrogen-bond acceptors (Lipinski definition) is 4. The second-order valence-corrected chi connectivity index (χ2v) is 15.4. The Balaban J connectivity index is 1.11. The van der Waals surface area contributed by atoms with E-state index in [9.17, 15) is 0 Å². The van der Waals surface area contributed by atoms with Gasteiger partial charge in [-0.15, -0.1) is 11.3 Å². The molecule has 0 aliphatic heterocycles. The average Bonchev–Trinajstić information content (AvgIpc) is 3.80. The molecule has 0 atom stereocenters. The third kappa shape index (κ3) is 4.65. The molecule has 0 spiro atoms. The molecule has 254 valence electrons. The summed E-state index contributed by atoms with van der Waals surface area (Å²) in [4.78, 5) is 15.9. The minimum Gasteiger partial charge on any atom is -0.208 e. The standard InChI is InChI=1S/C51H29N3S/c1-2-12-35-28-36(27-22-30(35)10-1)50-52-49(34-25-23-32(24-26-34)38-18-7-13-31-11-3-4-16-37(31)38)53-51(54-50)43-29-42-39-19-8-14-33-15-9-20-41(45(33)39)47(42)48-46(43)40-17-5-6-21-44(40)55-48/h1-29H. The van der Waals surface area contributed by atoms with Crippen molar-refractivity contribution in [3.8, 4) is 67.5 Å². The van der Waals surface area contributed by atoms with Gasteiger partial charge in [0.25, 0.3) is 0 Å². The Labute approximate surface area is 320 Å². The molecule has 1 aliphatic carbocycles. The molecule has 2 aromatic heterocycles. The minimum absolute atomic E-state index is 0.649. The van der Waals surface area contributed by atoms with Gasteiger partial charge in [0.1, 0.15) is 0 Å². The lowest BCUT2D eigenvalue weighted by Crippen LogP contribution is -2.01. The quantitative estimate of drug-likeness (QED) is 0.182. The lowest BCUT2D eigenvalue weighted by Gasteiger charge is -2.13. The largest absolute Gasteiger partial charge is 0.208 e. The molecule has 12 rings (SSSR count). The molecule has 0 saturated heterocycles. The first kappa shape index (κ1) is 30.5. The van der Waals surface area contributed by atoms with Crippen LogP contribution in [0.5, 0.6) is 0 Å². The second-order valence-electron chi connectivity index (χ2n) is 14.3. The Morgan fingerprint density at radius 2 is 0.927 bits per heavy atom. The van der Waals surface area contributed by atoms with Gasteiger partial charge in [0.05, 0.1) is 0 Å². The SMILES string of the molecule is c1ccc2cc(-c3nc(-c4ccc(-c5cccc6ccccc56)cc4)nc(-c4cc5c(c6sc7ccccc7c46)-c4cccc6cccc-5c46)n3)ccc2c1. The van der Waals surface area contributed by atoms with Gasteiger partial charge in [-0.25, -0.2) is 15.0 Å². The molecule has 1 aliphatic rings. The summed E-state index contributed by atoms with van der Waals surface area (Å²) in [6.45, 7) is 0. The smallest absolute Gasteiger partial charge is 0.164 e. The summed E-state index contributed by atoms with van der Waals surface area (Å²) in [7, 11) is 0. The molecule has 0 saturated carbocycles. The lowest BCUT2D eigenvalue weighted by molar-refractivity contribution is 1.08. The summed E-state index contributed by atoms with van der Waals surface area (Å²) in [6, 6.07) is 63.1. The molecular weight excluding hydrogens is 687 g/mol. The molecule has 2 heterocycles. The Hall–Kier alpha value is -7.01. The maximum absolute atomic E-state index is 5.36. The average molecular weight is 716 g/mol. The van der Waals surface area contributed by atoms with Crippen LogP contribution in [-0.2, 0) is 0 Å². The molecule has 11 aromatic rings. The van der Waals surface area contributed by atoms with Gasteiger partial charge in [-0.2, -0.15) is 0 Å². The van der Waals surface area contributed by atoms with Gasteiger partial charge in [-0.1, -0.05) is 158 Å². The fourth-order valence-electron chi connectivity index (χ4n) is 8.69. The second kappa shape index (κ2) is 11.7. The van der Waals surface area contributed by atoms with E-state index in [1.807, 2.05) is 11.3 Å². The van der Waals surface area contributed by atoms with E-state index in [-0.39, 0.29) is 0 Å². The monoisotopic (exact) mass is 715 g/mol. The van der Waals surface area contributed by atoms with Crippen molar-refractivity contribution in [3.05, 3.63) is 176 Å². The number of hydrogen-bond donors (Lipinski definition) is 0. The van der Waals surface area contributed by atoms with Crippen LogP contribution < -0.4 is 0 Å². The highest BCUT2D eigenvalue weighted by molar-refractivity contribution is 7.26. The molecule has 0 unspecified atom stereocenters. The fraction of sp³-hybridized carbons (Fsp3) is 0. The van der Waals surface area contributed by atoms with Crippen LogP contribution in [0.15, 0.2) is 176 Å². The highest BCUT2D eigenvalue weighted by atomic mass is 32.1. The maximum Gasteiger partial charge on any atom is 0.164 e. The van der Waals surface area contributed by atoms with Crippen LogP contribution in [0.2, 0.25) is 0 Å². The molecule has 0 radical (unpaired) electrons. The van der Waals surface area contributed by atoms with Crippen molar-refractivity contribution in [1.29, 1.82) is 0 Å². The van der Waals surface area contributed by atoms with Crippen LogP contribution in [0.3, 0.4) is 0 Å². The first-order valence-corrected chi connectivity index (χ1v) is 19.4. The van der Waals surface area contributed by atoms with Gasteiger partial charge in [-0.05, 0) is 78.3 Å². The third-order valence-electron chi connectivity index (χ3n) is 11.2. The number of thiophene rings is 1. The van der Waals surface area contributed by atoms with Crippen molar-refractivity contribution >= 4 is 63.8 Å². The van der Waals surface area contributed by atoms with Crippen LogP contribution in [0.1, 0.15) is 0 Å². The van der Waals surface area contributed by atoms with E-state index in [0.717, 1.165) is 27.6 Å². The molecular formula is C51H29N3S. The Kier molecular flexibility index (Phi) is 6.50. The summed E-state index contributed by atoms with van der Waals surface area (Å²) < 4.78 is 2.52. The van der Waals surface area contributed by atoms with Crippen molar-refractivity contribution < 1.29 is 0 Å². The zero-order valence-electron chi connectivity index (χ0n) is 29.5. The summed E-state index contributed by atoms with van der Waals surface area (Å²) >= 11 is 1.86. The molecule has 3 nitrogen and oxygen atoms in total. The number of aromatic nitrogens is 3. The topological polar surface area (TPSA) is 38.7 Å². The highest BCUT2D eigenvalue weighted by Gasteiger charge is 2.28. The van der Waals surface area contributed by atoms with Crippen molar-refractivity contribution in [3.63, 3.8) is 0 Å². The van der Waals surface area contributed by atoms with E-state index in [0.29, 0.717) is 17.5 Å². The van der Waals surface area contributed by atoms with Gasteiger partial charge >= 0.3 is 0 Å². The van der Waals surface area contributed by atoms with Gasteiger partial charge in [0, 0.05) is 42.4 Å². The zero-order valence-corrected chi connectivity index (χ0v) is 30.3. The fourth-order valence-corrected chi connectivity index (χ4v) is 9.98. The zero-order chi connectivity index (χ0) is 36.0. The summed E-state index contributed by atoms with van der Waals surface area (Å²) in [5, 5.41) is 9.79. The van der Waals surface area contributed by atoms with E-state index in [1.165, 1.54) is 74.9 Å². The Morgan fingerprint density at radius 1 is 0.327 bits per heavy atom. The Morgan fingerprint density at radius 3 is 1.76 bits per heavy atom. The summed E-state index contributed by atoms with van der Waals surface area (Å²) in [6.07, 6.45) is 0. The van der Waals surface area contributed by atoms with Crippen LogP contribution >= 0.6 is 11.3 Å². The van der Waals surface area contributed by atoms with Crippen molar-refractivity contribution in [2.45, 2.75) is 0 Å². The van der Waals surface area contributed by atoms with E-state index in [1.54, 1.807) is 0 Å². The first-order chi connectivity index (χ1) is 27.2.